The number of fused-ring (bicyclic) bond motifs is 1. The van der Waals surface area contributed by atoms with Crippen LogP contribution in [-0.2, 0) is 11.3 Å². The number of aliphatic hydroxyl groups excluding tert-OH is 1. The van der Waals surface area contributed by atoms with Crippen LogP contribution in [-0.4, -0.2) is 41.9 Å². The maximum Gasteiger partial charge on any atom is 0.410 e. The van der Waals surface area contributed by atoms with Crippen LogP contribution >= 0.6 is 0 Å². The first-order chi connectivity index (χ1) is 17.5. The molecule has 1 amide bonds. The van der Waals surface area contributed by atoms with Gasteiger partial charge in [0.25, 0.3) is 0 Å². The van der Waals surface area contributed by atoms with Crippen molar-refractivity contribution < 1.29 is 23.8 Å². The topological polar surface area (TPSA) is 89.2 Å². The van der Waals surface area contributed by atoms with E-state index in [-0.39, 0.29) is 25.2 Å². The van der Waals surface area contributed by atoms with E-state index >= 15 is 0 Å². The fourth-order valence-corrected chi connectivity index (χ4v) is 3.81. The minimum absolute atomic E-state index is 0.0505. The summed E-state index contributed by atoms with van der Waals surface area (Å²) in [5.41, 5.74) is 1.97. The third kappa shape index (κ3) is 6.52. The van der Waals surface area contributed by atoms with Gasteiger partial charge in [-0.3, -0.25) is 4.79 Å². The lowest BCUT2D eigenvalue weighted by Crippen LogP contribution is -2.40. The van der Waals surface area contributed by atoms with E-state index in [1.165, 1.54) is 11.0 Å². The zero-order valence-electron chi connectivity index (χ0n) is 20.1. The average molecular weight is 488 g/mol. The van der Waals surface area contributed by atoms with Crippen molar-refractivity contribution in [3.8, 4) is 17.1 Å². The molecule has 4 rings (SSSR count). The summed E-state index contributed by atoms with van der Waals surface area (Å²) < 4.78 is 17.0. The molecule has 186 valence electrons. The van der Waals surface area contributed by atoms with Gasteiger partial charge >= 0.3 is 6.09 Å². The molecular weight excluding hydrogens is 458 g/mol. The number of benzene rings is 3. The van der Waals surface area contributed by atoms with E-state index in [9.17, 15) is 14.7 Å². The predicted octanol–water partition coefficient (Wildman–Crippen LogP) is 5.25. The molecule has 0 aliphatic carbocycles. The van der Waals surface area contributed by atoms with Crippen LogP contribution in [0, 0.1) is 0 Å². The van der Waals surface area contributed by atoms with E-state index in [0.29, 0.717) is 29.0 Å². The Morgan fingerprint density at radius 1 is 1.00 bits per heavy atom. The molecule has 1 heterocycles. The Hall–Kier alpha value is -4.10. The molecule has 7 heteroatoms. The SMILES string of the molecule is CCCN(CC(O)COc1ccc2oc(-c3ccccc3)cc(=O)c2c1)C(=O)OCc1ccccc1. The lowest BCUT2D eigenvalue weighted by atomic mass is 10.1. The average Bonchev–Trinajstić information content (AvgIpc) is 2.91. The largest absolute Gasteiger partial charge is 0.491 e. The molecule has 0 aliphatic rings. The van der Waals surface area contributed by atoms with Gasteiger partial charge in [0, 0.05) is 18.2 Å². The molecule has 1 aromatic heterocycles. The first-order valence-corrected chi connectivity index (χ1v) is 11.9. The number of hydrogen-bond acceptors (Lipinski definition) is 6. The molecule has 0 bridgehead atoms. The highest BCUT2D eigenvalue weighted by molar-refractivity contribution is 5.80. The molecule has 1 unspecified atom stereocenters. The van der Waals surface area contributed by atoms with E-state index in [4.69, 9.17) is 13.9 Å². The van der Waals surface area contributed by atoms with Gasteiger partial charge in [0.05, 0.1) is 11.9 Å². The zero-order chi connectivity index (χ0) is 25.3. The Morgan fingerprint density at radius 2 is 1.72 bits per heavy atom. The number of rotatable bonds is 10. The predicted molar refractivity (Wildman–Crippen MR) is 138 cm³/mol. The van der Waals surface area contributed by atoms with Crippen molar-refractivity contribution in [1.82, 2.24) is 4.90 Å². The fraction of sp³-hybridized carbons (Fsp3) is 0.241. The molecule has 36 heavy (non-hydrogen) atoms. The molecule has 0 aliphatic heterocycles. The number of nitrogens with zero attached hydrogens (tertiary/aromatic N) is 1. The molecule has 4 aromatic rings. The number of carbonyl (C=O) groups is 1. The van der Waals surface area contributed by atoms with Gasteiger partial charge in [-0.2, -0.15) is 0 Å². The summed E-state index contributed by atoms with van der Waals surface area (Å²) in [5.74, 6) is 0.919. The second-order valence-corrected chi connectivity index (χ2v) is 8.45. The quantitative estimate of drug-likeness (QED) is 0.329. The second-order valence-electron chi connectivity index (χ2n) is 8.45. The van der Waals surface area contributed by atoms with Crippen molar-refractivity contribution in [2.45, 2.75) is 26.1 Å². The molecule has 7 nitrogen and oxygen atoms in total. The van der Waals surface area contributed by atoms with Gasteiger partial charge in [-0.25, -0.2) is 4.79 Å². The number of carbonyl (C=O) groups excluding carboxylic acids is 1. The molecule has 0 saturated carbocycles. The van der Waals surface area contributed by atoms with Gasteiger partial charge in [-0.15, -0.1) is 0 Å². The molecule has 0 spiro atoms. The van der Waals surface area contributed by atoms with Gasteiger partial charge < -0.3 is 23.9 Å². The van der Waals surface area contributed by atoms with Crippen molar-refractivity contribution >= 4 is 17.1 Å². The van der Waals surface area contributed by atoms with E-state index in [2.05, 4.69) is 0 Å². The number of hydrogen-bond donors (Lipinski definition) is 1. The summed E-state index contributed by atoms with van der Waals surface area (Å²) in [6.45, 7) is 2.58. The third-order valence-electron chi connectivity index (χ3n) is 5.59. The van der Waals surface area contributed by atoms with Crippen LogP contribution in [0.2, 0.25) is 0 Å². The van der Waals surface area contributed by atoms with E-state index < -0.39 is 12.2 Å². The summed E-state index contributed by atoms with van der Waals surface area (Å²) in [6, 6.07) is 25.3. The van der Waals surface area contributed by atoms with Gasteiger partial charge in [0.2, 0.25) is 0 Å². The molecule has 0 radical (unpaired) electrons. The summed E-state index contributed by atoms with van der Waals surface area (Å²) in [5, 5.41) is 10.9. The highest BCUT2D eigenvalue weighted by Gasteiger charge is 2.19. The van der Waals surface area contributed by atoms with Crippen LogP contribution < -0.4 is 10.2 Å². The molecule has 0 fully saturated rings. The second kappa shape index (κ2) is 12.0. The minimum Gasteiger partial charge on any atom is -0.491 e. The van der Waals surface area contributed by atoms with Crippen molar-refractivity contribution in [2.75, 3.05) is 19.7 Å². The van der Waals surface area contributed by atoms with Crippen molar-refractivity contribution in [1.29, 1.82) is 0 Å². The summed E-state index contributed by atoms with van der Waals surface area (Å²) in [7, 11) is 0. The highest BCUT2D eigenvalue weighted by atomic mass is 16.6. The number of ether oxygens (including phenoxy) is 2. The summed E-state index contributed by atoms with van der Waals surface area (Å²) in [4.78, 5) is 26.7. The van der Waals surface area contributed by atoms with Crippen LogP contribution in [0.15, 0.2) is 94.1 Å². The van der Waals surface area contributed by atoms with Gasteiger partial charge in [0.1, 0.15) is 36.4 Å². The maximum atomic E-state index is 12.7. The maximum absolute atomic E-state index is 12.7. The fourth-order valence-electron chi connectivity index (χ4n) is 3.81. The van der Waals surface area contributed by atoms with Gasteiger partial charge in [-0.05, 0) is 30.2 Å². The Kier molecular flexibility index (Phi) is 8.36. The van der Waals surface area contributed by atoms with Crippen LogP contribution in [0.25, 0.3) is 22.3 Å². The van der Waals surface area contributed by atoms with Crippen molar-refractivity contribution in [3.63, 3.8) is 0 Å². The van der Waals surface area contributed by atoms with E-state index in [0.717, 1.165) is 17.5 Å². The molecule has 0 saturated heterocycles. The minimum atomic E-state index is -0.937. The van der Waals surface area contributed by atoms with E-state index in [1.807, 2.05) is 67.6 Å². The van der Waals surface area contributed by atoms with Crippen LogP contribution in [0.4, 0.5) is 4.79 Å². The van der Waals surface area contributed by atoms with Crippen LogP contribution in [0.1, 0.15) is 18.9 Å². The first-order valence-electron chi connectivity index (χ1n) is 11.9. The third-order valence-corrected chi connectivity index (χ3v) is 5.59. The summed E-state index contributed by atoms with van der Waals surface area (Å²) in [6.07, 6.45) is -0.704. The normalized spacial score (nSPS) is 11.7. The highest BCUT2D eigenvalue weighted by Crippen LogP contribution is 2.24. The van der Waals surface area contributed by atoms with Crippen molar-refractivity contribution in [2.24, 2.45) is 0 Å². The number of amides is 1. The monoisotopic (exact) mass is 487 g/mol. The standard InChI is InChI=1S/C29H29NO6/c1-2-15-30(29(33)35-19-21-9-5-3-6-10-21)18-23(31)20-34-24-13-14-27-25(16-24)26(32)17-28(36-27)22-11-7-4-8-12-22/h3-14,16-17,23,31H,2,15,18-20H2,1H3. The molecule has 1 N–H and O–H groups in total. The van der Waals surface area contributed by atoms with Crippen LogP contribution in [0.3, 0.4) is 0 Å². The number of aliphatic hydroxyl groups is 1. The zero-order valence-corrected chi connectivity index (χ0v) is 20.1. The van der Waals surface area contributed by atoms with Gasteiger partial charge in [0.15, 0.2) is 5.43 Å². The van der Waals surface area contributed by atoms with Gasteiger partial charge in [-0.1, -0.05) is 67.6 Å². The Balaban J connectivity index is 1.36. The van der Waals surface area contributed by atoms with Crippen molar-refractivity contribution in [3.05, 3.63) is 101 Å². The molecule has 1 atom stereocenters. The smallest absolute Gasteiger partial charge is 0.410 e. The van der Waals surface area contributed by atoms with E-state index in [1.54, 1.807) is 18.2 Å². The Bertz CT molecular complexity index is 1340. The molecular formula is C29H29NO6. The molecule has 3 aromatic carbocycles. The first kappa shape index (κ1) is 25.0. The van der Waals surface area contributed by atoms with Crippen LogP contribution in [0.5, 0.6) is 5.75 Å². The Labute approximate surface area is 209 Å². The lowest BCUT2D eigenvalue weighted by Gasteiger charge is -2.24. The lowest BCUT2D eigenvalue weighted by molar-refractivity contribution is 0.0499. The Morgan fingerprint density at radius 3 is 2.44 bits per heavy atom. The summed E-state index contributed by atoms with van der Waals surface area (Å²) >= 11 is 0.